The van der Waals surface area contributed by atoms with Crippen LogP contribution >= 0.6 is 0 Å². The normalized spacial score (nSPS) is 24.9. The Morgan fingerprint density at radius 1 is 1.30 bits per heavy atom. The van der Waals surface area contributed by atoms with Gasteiger partial charge in [0.05, 0.1) is 12.6 Å². The Bertz CT molecular complexity index is 481. The van der Waals surface area contributed by atoms with Crippen molar-refractivity contribution in [3.05, 3.63) is 35.9 Å². The first kappa shape index (κ1) is 14.7. The first-order valence-electron chi connectivity index (χ1n) is 7.29. The quantitative estimate of drug-likeness (QED) is 0.845. The number of ketones is 1. The molecule has 0 aliphatic carbocycles. The molecule has 3 heteroatoms. The van der Waals surface area contributed by atoms with E-state index in [-0.39, 0.29) is 5.78 Å². The second-order valence-electron chi connectivity index (χ2n) is 6.08. The minimum Gasteiger partial charge on any atom is -0.296 e. The van der Waals surface area contributed by atoms with Gasteiger partial charge in [0.25, 0.3) is 0 Å². The number of rotatable bonds is 4. The second-order valence-corrected chi connectivity index (χ2v) is 6.08. The summed E-state index contributed by atoms with van der Waals surface area (Å²) in [5.74, 6) is 0.636. The van der Waals surface area contributed by atoms with Crippen molar-refractivity contribution >= 4 is 5.78 Å². The van der Waals surface area contributed by atoms with E-state index in [1.807, 2.05) is 30.3 Å². The van der Waals surface area contributed by atoms with Gasteiger partial charge in [0.1, 0.15) is 5.92 Å². The van der Waals surface area contributed by atoms with E-state index in [4.69, 9.17) is 0 Å². The third-order valence-electron chi connectivity index (χ3n) is 3.91. The molecular formula is C17H22N2O. The minimum absolute atomic E-state index is 0.0139. The predicted octanol–water partition coefficient (Wildman–Crippen LogP) is 2.84. The molecule has 1 aromatic carbocycles. The third-order valence-corrected chi connectivity index (χ3v) is 3.91. The van der Waals surface area contributed by atoms with Gasteiger partial charge in [0.2, 0.25) is 0 Å². The topological polar surface area (TPSA) is 44.1 Å². The predicted molar refractivity (Wildman–Crippen MR) is 79.2 cm³/mol. The molecular weight excluding hydrogens is 248 g/mol. The van der Waals surface area contributed by atoms with Crippen molar-refractivity contribution in [3.8, 4) is 6.07 Å². The summed E-state index contributed by atoms with van der Waals surface area (Å²) in [6.07, 6.45) is 1.23. The molecule has 1 aliphatic heterocycles. The smallest absolute Gasteiger partial charge is 0.168 e. The van der Waals surface area contributed by atoms with Crippen LogP contribution in [0.2, 0.25) is 0 Å². The van der Waals surface area contributed by atoms with Crippen molar-refractivity contribution in [1.82, 2.24) is 4.90 Å². The van der Waals surface area contributed by atoms with Gasteiger partial charge >= 0.3 is 0 Å². The van der Waals surface area contributed by atoms with Crippen LogP contribution in [0.15, 0.2) is 30.3 Å². The molecule has 0 bridgehead atoms. The summed E-state index contributed by atoms with van der Waals surface area (Å²) < 4.78 is 0. The van der Waals surface area contributed by atoms with Crippen LogP contribution in [0.25, 0.3) is 0 Å². The lowest BCUT2D eigenvalue weighted by molar-refractivity contribution is -0.121. The maximum atomic E-state index is 12.4. The van der Waals surface area contributed by atoms with E-state index in [1.165, 1.54) is 6.42 Å². The van der Waals surface area contributed by atoms with E-state index in [1.54, 1.807) is 0 Å². The third kappa shape index (κ3) is 3.68. The highest BCUT2D eigenvalue weighted by Gasteiger charge is 2.27. The molecule has 1 heterocycles. The molecule has 0 N–H and O–H groups in total. The van der Waals surface area contributed by atoms with Crippen LogP contribution in [0.5, 0.6) is 0 Å². The zero-order valence-electron chi connectivity index (χ0n) is 12.2. The van der Waals surface area contributed by atoms with Crippen LogP contribution in [-0.4, -0.2) is 30.3 Å². The first-order chi connectivity index (χ1) is 9.60. The maximum absolute atomic E-state index is 12.4. The van der Waals surface area contributed by atoms with E-state index in [9.17, 15) is 10.1 Å². The van der Waals surface area contributed by atoms with Gasteiger partial charge in [0, 0.05) is 13.1 Å². The zero-order chi connectivity index (χ0) is 14.5. The lowest BCUT2D eigenvalue weighted by Gasteiger charge is -2.34. The molecule has 0 saturated carbocycles. The summed E-state index contributed by atoms with van der Waals surface area (Å²) >= 11 is 0. The van der Waals surface area contributed by atoms with Crippen LogP contribution in [-0.2, 0) is 4.79 Å². The Kier molecular flexibility index (Phi) is 4.92. The first-order valence-corrected chi connectivity index (χ1v) is 7.29. The summed E-state index contributed by atoms with van der Waals surface area (Å²) in [7, 11) is 0. The maximum Gasteiger partial charge on any atom is 0.168 e. The number of benzene rings is 1. The number of nitriles is 1. The summed E-state index contributed by atoms with van der Waals surface area (Å²) in [4.78, 5) is 14.6. The zero-order valence-corrected chi connectivity index (χ0v) is 12.2. The van der Waals surface area contributed by atoms with Crippen molar-refractivity contribution < 1.29 is 4.79 Å². The standard InChI is InChI=1S/C17H22N2O/c1-13-8-14(2)11-19(10-13)12-17(20)16(9-18)15-6-4-3-5-7-15/h3-7,13-14,16H,8,10-12H2,1-2H3/t13-,14-,16+/m1/s1. The molecule has 106 valence electrons. The highest BCUT2D eigenvalue weighted by Crippen LogP contribution is 2.22. The van der Waals surface area contributed by atoms with Gasteiger partial charge in [-0.15, -0.1) is 0 Å². The lowest BCUT2D eigenvalue weighted by Crippen LogP contribution is -2.42. The Morgan fingerprint density at radius 3 is 2.45 bits per heavy atom. The summed E-state index contributed by atoms with van der Waals surface area (Å²) in [6, 6.07) is 11.5. The number of carbonyl (C=O) groups excluding carboxylic acids is 1. The van der Waals surface area contributed by atoms with E-state index >= 15 is 0 Å². The molecule has 0 amide bonds. The van der Waals surface area contributed by atoms with E-state index < -0.39 is 5.92 Å². The van der Waals surface area contributed by atoms with Gasteiger partial charge in [-0.1, -0.05) is 44.2 Å². The molecule has 1 aliphatic rings. The van der Waals surface area contributed by atoms with Gasteiger partial charge in [-0.2, -0.15) is 5.26 Å². The Hall–Kier alpha value is -1.66. The average Bonchev–Trinajstić information content (AvgIpc) is 2.39. The van der Waals surface area contributed by atoms with Crippen LogP contribution in [0, 0.1) is 23.2 Å². The minimum atomic E-state index is -0.635. The van der Waals surface area contributed by atoms with Crippen molar-refractivity contribution in [2.24, 2.45) is 11.8 Å². The van der Waals surface area contributed by atoms with Gasteiger partial charge in [-0.05, 0) is 23.8 Å². The van der Waals surface area contributed by atoms with Crippen LogP contribution in [0.3, 0.4) is 0 Å². The van der Waals surface area contributed by atoms with Crippen molar-refractivity contribution in [3.63, 3.8) is 0 Å². The van der Waals surface area contributed by atoms with E-state index in [2.05, 4.69) is 24.8 Å². The number of Topliss-reactive ketones (excluding diaryl/α,β-unsaturated/α-hetero) is 1. The molecule has 3 atom stereocenters. The lowest BCUT2D eigenvalue weighted by atomic mass is 9.90. The SMILES string of the molecule is C[C@@H]1C[C@@H](C)CN(CC(=O)[C@@H](C#N)c2ccccc2)C1. The van der Waals surface area contributed by atoms with Crippen LogP contribution in [0.1, 0.15) is 31.7 Å². The Morgan fingerprint density at radius 2 is 1.90 bits per heavy atom. The molecule has 0 spiro atoms. The molecule has 3 nitrogen and oxygen atoms in total. The fourth-order valence-electron chi connectivity index (χ4n) is 3.21. The van der Waals surface area contributed by atoms with Crippen molar-refractivity contribution in [2.45, 2.75) is 26.2 Å². The van der Waals surface area contributed by atoms with Crippen molar-refractivity contribution in [1.29, 1.82) is 5.26 Å². The molecule has 0 unspecified atom stereocenters. The highest BCUT2D eigenvalue weighted by molar-refractivity contribution is 5.90. The second kappa shape index (κ2) is 6.67. The number of piperidine rings is 1. The van der Waals surface area contributed by atoms with Crippen molar-refractivity contribution in [2.75, 3.05) is 19.6 Å². The molecule has 0 aromatic heterocycles. The molecule has 1 aromatic rings. The number of hydrogen-bond donors (Lipinski definition) is 0. The number of hydrogen-bond acceptors (Lipinski definition) is 3. The van der Waals surface area contributed by atoms with Gasteiger partial charge in [-0.3, -0.25) is 9.69 Å². The highest BCUT2D eigenvalue weighted by atomic mass is 16.1. The number of likely N-dealkylation sites (tertiary alicyclic amines) is 1. The largest absolute Gasteiger partial charge is 0.296 e. The van der Waals surface area contributed by atoms with E-state index in [0.717, 1.165) is 18.7 Å². The van der Waals surface area contributed by atoms with Crippen LogP contribution < -0.4 is 0 Å². The Balaban J connectivity index is 2.02. The average molecular weight is 270 g/mol. The van der Waals surface area contributed by atoms with Gasteiger partial charge in [0.15, 0.2) is 5.78 Å². The van der Waals surface area contributed by atoms with Crippen LogP contribution in [0.4, 0.5) is 0 Å². The van der Waals surface area contributed by atoms with Gasteiger partial charge < -0.3 is 0 Å². The fourth-order valence-corrected chi connectivity index (χ4v) is 3.21. The molecule has 20 heavy (non-hydrogen) atoms. The fraction of sp³-hybridized carbons (Fsp3) is 0.529. The molecule has 0 radical (unpaired) electrons. The van der Waals surface area contributed by atoms with Gasteiger partial charge in [-0.25, -0.2) is 0 Å². The van der Waals surface area contributed by atoms with E-state index in [0.29, 0.717) is 18.4 Å². The molecule has 1 saturated heterocycles. The summed E-state index contributed by atoms with van der Waals surface area (Å²) in [6.45, 7) is 6.77. The molecule has 1 fully saturated rings. The number of nitrogens with zero attached hydrogens (tertiary/aromatic N) is 2. The monoisotopic (exact) mass is 270 g/mol. The number of carbonyl (C=O) groups is 1. The summed E-state index contributed by atoms with van der Waals surface area (Å²) in [5.41, 5.74) is 0.804. The Labute approximate surface area is 121 Å². The summed E-state index contributed by atoms with van der Waals surface area (Å²) in [5, 5.41) is 9.29. The molecule has 2 rings (SSSR count).